The summed E-state index contributed by atoms with van der Waals surface area (Å²) in [5.41, 5.74) is 0.998. The maximum absolute atomic E-state index is 13.1. The normalized spacial score (nSPS) is 16.2. The molecule has 0 saturated carbocycles. The third-order valence-electron chi connectivity index (χ3n) is 4.24. The van der Waals surface area contributed by atoms with Gasteiger partial charge in [0.1, 0.15) is 5.82 Å². The van der Waals surface area contributed by atoms with Crippen molar-refractivity contribution < 1.29 is 4.39 Å². The Labute approximate surface area is 162 Å². The monoisotopic (exact) mass is 448 g/mol. The van der Waals surface area contributed by atoms with Gasteiger partial charge in [-0.05, 0) is 50.0 Å². The zero-order valence-electron chi connectivity index (χ0n) is 14.6. The zero-order valence-corrected chi connectivity index (χ0v) is 16.9. The summed E-state index contributed by atoms with van der Waals surface area (Å²) in [4.78, 5) is 6.77. The highest BCUT2D eigenvalue weighted by molar-refractivity contribution is 14.0. The Morgan fingerprint density at radius 1 is 1.12 bits per heavy atom. The van der Waals surface area contributed by atoms with Crippen LogP contribution >= 0.6 is 24.0 Å². The summed E-state index contributed by atoms with van der Waals surface area (Å²) in [5, 5.41) is 6.64. The number of nitrogens with zero attached hydrogens (tertiary/aromatic N) is 2. The van der Waals surface area contributed by atoms with Crippen molar-refractivity contribution in [2.75, 3.05) is 39.8 Å². The second-order valence-electron chi connectivity index (χ2n) is 6.06. The second kappa shape index (κ2) is 12.5. The molecule has 0 amide bonds. The first-order valence-electron chi connectivity index (χ1n) is 8.69. The lowest BCUT2D eigenvalue weighted by atomic mass is 10.1. The van der Waals surface area contributed by atoms with E-state index < -0.39 is 0 Å². The molecule has 24 heavy (non-hydrogen) atoms. The van der Waals surface area contributed by atoms with Gasteiger partial charge in [-0.15, -0.1) is 24.0 Å². The highest BCUT2D eigenvalue weighted by Crippen LogP contribution is 2.08. The predicted octanol–water partition coefficient (Wildman–Crippen LogP) is 3.03. The van der Waals surface area contributed by atoms with Gasteiger partial charge in [0.2, 0.25) is 0 Å². The molecular weight excluding hydrogens is 418 g/mol. The average molecular weight is 448 g/mol. The Hall–Kier alpha value is -0.890. The molecular formula is C18H30FIN4. The van der Waals surface area contributed by atoms with Crippen molar-refractivity contribution in [3.63, 3.8) is 0 Å². The lowest BCUT2D eigenvalue weighted by molar-refractivity contribution is 0.289. The van der Waals surface area contributed by atoms with Crippen molar-refractivity contribution in [2.45, 2.75) is 32.1 Å². The molecule has 0 spiro atoms. The molecule has 2 N–H and O–H groups in total. The summed E-state index contributed by atoms with van der Waals surface area (Å²) in [6, 6.07) is 6.75. The van der Waals surface area contributed by atoms with Gasteiger partial charge < -0.3 is 15.5 Å². The third kappa shape index (κ3) is 8.28. The molecule has 0 bridgehead atoms. The third-order valence-corrected chi connectivity index (χ3v) is 4.24. The Balaban J connectivity index is 0.00000288. The molecule has 6 heteroatoms. The summed E-state index contributed by atoms with van der Waals surface area (Å²) in [6.07, 6.45) is 6.16. The lowest BCUT2D eigenvalue weighted by Crippen LogP contribution is -2.42. The van der Waals surface area contributed by atoms with Crippen LogP contribution in [-0.4, -0.2) is 50.6 Å². The van der Waals surface area contributed by atoms with Crippen molar-refractivity contribution in [3.8, 4) is 0 Å². The van der Waals surface area contributed by atoms with Gasteiger partial charge >= 0.3 is 0 Å². The number of benzene rings is 1. The van der Waals surface area contributed by atoms with Crippen LogP contribution in [0.3, 0.4) is 0 Å². The van der Waals surface area contributed by atoms with Crippen LogP contribution in [-0.2, 0) is 6.42 Å². The average Bonchev–Trinajstić information content (AvgIpc) is 2.82. The minimum Gasteiger partial charge on any atom is -0.356 e. The summed E-state index contributed by atoms with van der Waals surface area (Å²) in [7, 11) is 1.78. The highest BCUT2D eigenvalue weighted by Gasteiger charge is 2.08. The predicted molar refractivity (Wildman–Crippen MR) is 110 cm³/mol. The largest absolute Gasteiger partial charge is 0.356 e. The topological polar surface area (TPSA) is 39.7 Å². The molecule has 2 rings (SSSR count). The first-order chi connectivity index (χ1) is 11.3. The summed E-state index contributed by atoms with van der Waals surface area (Å²) >= 11 is 0. The second-order valence-corrected chi connectivity index (χ2v) is 6.06. The van der Waals surface area contributed by atoms with Crippen molar-refractivity contribution in [1.29, 1.82) is 0 Å². The molecule has 1 heterocycles. The van der Waals surface area contributed by atoms with Gasteiger partial charge in [-0.1, -0.05) is 25.0 Å². The molecule has 4 nitrogen and oxygen atoms in total. The Morgan fingerprint density at radius 3 is 2.50 bits per heavy atom. The molecule has 1 saturated heterocycles. The van der Waals surface area contributed by atoms with E-state index in [1.165, 1.54) is 44.8 Å². The van der Waals surface area contributed by atoms with E-state index in [2.05, 4.69) is 20.5 Å². The highest BCUT2D eigenvalue weighted by atomic mass is 127. The maximum atomic E-state index is 13.1. The van der Waals surface area contributed by atoms with Crippen molar-refractivity contribution in [3.05, 3.63) is 35.6 Å². The van der Waals surface area contributed by atoms with Gasteiger partial charge in [0.05, 0.1) is 0 Å². The minimum absolute atomic E-state index is 0. The molecule has 0 atom stereocenters. The van der Waals surface area contributed by atoms with E-state index in [9.17, 15) is 4.39 Å². The summed E-state index contributed by atoms with van der Waals surface area (Å²) < 4.78 is 13.1. The van der Waals surface area contributed by atoms with Crippen LogP contribution in [0.25, 0.3) is 0 Å². The number of rotatable bonds is 6. The van der Waals surface area contributed by atoms with E-state index in [0.717, 1.165) is 37.6 Å². The molecule has 1 aromatic carbocycles. The molecule has 136 valence electrons. The van der Waals surface area contributed by atoms with E-state index in [4.69, 9.17) is 0 Å². The fourth-order valence-corrected chi connectivity index (χ4v) is 2.93. The maximum Gasteiger partial charge on any atom is 0.191 e. The van der Waals surface area contributed by atoms with Crippen molar-refractivity contribution >= 4 is 29.9 Å². The van der Waals surface area contributed by atoms with E-state index in [1.54, 1.807) is 19.2 Å². The Bertz CT molecular complexity index is 488. The standard InChI is InChI=1S/C18H29FN4.HI/c1-20-18(21-10-9-16-7-6-8-17(19)15-16)22-11-14-23-12-4-2-3-5-13-23;/h6-8,15H,2-5,9-14H2,1H3,(H2,20,21,22);1H. The SMILES string of the molecule is CN=C(NCCc1cccc(F)c1)NCCN1CCCCCC1.I. The molecule has 0 radical (unpaired) electrons. The van der Waals surface area contributed by atoms with E-state index in [-0.39, 0.29) is 29.8 Å². The van der Waals surface area contributed by atoms with E-state index >= 15 is 0 Å². The van der Waals surface area contributed by atoms with Gasteiger partial charge in [0.15, 0.2) is 5.96 Å². The Morgan fingerprint density at radius 2 is 1.83 bits per heavy atom. The number of halogens is 2. The zero-order chi connectivity index (χ0) is 16.3. The molecule has 0 aromatic heterocycles. The molecule has 0 aliphatic carbocycles. The fraction of sp³-hybridized carbons (Fsp3) is 0.611. The minimum atomic E-state index is -0.178. The van der Waals surface area contributed by atoms with E-state index in [0.29, 0.717) is 0 Å². The molecule has 0 unspecified atom stereocenters. The van der Waals surface area contributed by atoms with E-state index in [1.807, 2.05) is 6.07 Å². The van der Waals surface area contributed by atoms with Gasteiger partial charge in [0.25, 0.3) is 0 Å². The lowest BCUT2D eigenvalue weighted by Gasteiger charge is -2.20. The van der Waals surface area contributed by atoms with Crippen molar-refractivity contribution in [1.82, 2.24) is 15.5 Å². The number of hydrogen-bond acceptors (Lipinski definition) is 2. The van der Waals surface area contributed by atoms with Crippen LogP contribution in [0.15, 0.2) is 29.3 Å². The van der Waals surface area contributed by atoms with Crippen LogP contribution < -0.4 is 10.6 Å². The van der Waals surface area contributed by atoms with Crippen LogP contribution in [0, 0.1) is 5.82 Å². The number of guanidine groups is 1. The van der Waals surface area contributed by atoms with Crippen LogP contribution in [0.2, 0.25) is 0 Å². The Kier molecular flexibility index (Phi) is 11.0. The van der Waals surface area contributed by atoms with Crippen LogP contribution in [0.4, 0.5) is 4.39 Å². The number of likely N-dealkylation sites (tertiary alicyclic amines) is 1. The van der Waals surface area contributed by atoms with Gasteiger partial charge in [-0.25, -0.2) is 4.39 Å². The molecule has 1 aliphatic heterocycles. The first-order valence-corrected chi connectivity index (χ1v) is 8.69. The fourth-order valence-electron chi connectivity index (χ4n) is 2.93. The quantitative estimate of drug-likeness (QED) is 0.400. The number of hydrogen-bond donors (Lipinski definition) is 2. The number of aliphatic imine (C=N–C) groups is 1. The summed E-state index contributed by atoms with van der Waals surface area (Å²) in [6.45, 7) is 5.14. The summed E-state index contributed by atoms with van der Waals surface area (Å²) in [5.74, 6) is 0.638. The van der Waals surface area contributed by atoms with Gasteiger partial charge in [-0.2, -0.15) is 0 Å². The van der Waals surface area contributed by atoms with Crippen LogP contribution in [0.1, 0.15) is 31.2 Å². The number of nitrogens with one attached hydrogen (secondary N) is 2. The smallest absolute Gasteiger partial charge is 0.191 e. The van der Waals surface area contributed by atoms with Crippen molar-refractivity contribution in [2.24, 2.45) is 4.99 Å². The van der Waals surface area contributed by atoms with Crippen LogP contribution in [0.5, 0.6) is 0 Å². The van der Waals surface area contributed by atoms with Gasteiger partial charge in [-0.3, -0.25) is 4.99 Å². The first kappa shape index (κ1) is 21.2. The molecule has 1 aliphatic rings. The van der Waals surface area contributed by atoms with Gasteiger partial charge in [0, 0.05) is 26.7 Å². The molecule has 1 aromatic rings. The molecule has 1 fully saturated rings.